The number of hydrogen-bond donors (Lipinski definition) is 1. The average Bonchev–Trinajstić information content (AvgIpc) is 3.02. The summed E-state index contributed by atoms with van der Waals surface area (Å²) >= 11 is 1.03. The Labute approximate surface area is 196 Å². The first-order valence-corrected chi connectivity index (χ1v) is 11.3. The van der Waals surface area contributed by atoms with E-state index in [9.17, 15) is 22.8 Å². The van der Waals surface area contributed by atoms with Gasteiger partial charge in [-0.3, -0.25) is 14.3 Å². The van der Waals surface area contributed by atoms with Crippen LogP contribution in [0.15, 0.2) is 64.4 Å². The normalized spacial score (nSPS) is 11.7. The number of thioether (sulfide) groups is 1. The van der Waals surface area contributed by atoms with Gasteiger partial charge in [-0.2, -0.15) is 13.2 Å². The molecule has 0 spiro atoms. The van der Waals surface area contributed by atoms with Crippen molar-refractivity contribution in [2.45, 2.75) is 24.5 Å². The van der Waals surface area contributed by atoms with E-state index in [0.717, 1.165) is 11.8 Å². The van der Waals surface area contributed by atoms with Gasteiger partial charge >= 0.3 is 6.18 Å². The van der Waals surface area contributed by atoms with Crippen LogP contribution in [0, 0.1) is 6.92 Å². The van der Waals surface area contributed by atoms with Gasteiger partial charge in [-0.15, -0.1) is 11.8 Å². The van der Waals surface area contributed by atoms with Crippen LogP contribution in [0.3, 0.4) is 0 Å². The van der Waals surface area contributed by atoms with Crippen LogP contribution in [-0.4, -0.2) is 31.0 Å². The Morgan fingerprint density at radius 1 is 1.06 bits per heavy atom. The SMILES string of the molecule is Cc1c(NC(=O)CCSc2nc(C(F)(F)F)nc3ccccc23)c(=O)n(-c2ccccc2)n1C. The van der Waals surface area contributed by atoms with Crippen molar-refractivity contribution < 1.29 is 18.0 Å². The molecule has 4 rings (SSSR count). The Balaban J connectivity index is 1.49. The van der Waals surface area contributed by atoms with Crippen molar-refractivity contribution in [1.29, 1.82) is 0 Å². The molecule has 0 unspecified atom stereocenters. The number of nitrogens with zero attached hydrogens (tertiary/aromatic N) is 4. The van der Waals surface area contributed by atoms with Gasteiger partial charge in [0.1, 0.15) is 10.7 Å². The van der Waals surface area contributed by atoms with Crippen LogP contribution in [-0.2, 0) is 18.0 Å². The maximum atomic E-state index is 13.2. The second-order valence-corrected chi connectivity index (χ2v) is 8.53. The van der Waals surface area contributed by atoms with Gasteiger partial charge in [0.05, 0.1) is 16.9 Å². The minimum absolute atomic E-state index is 0.0243. The molecule has 34 heavy (non-hydrogen) atoms. The van der Waals surface area contributed by atoms with Crippen molar-refractivity contribution in [3.63, 3.8) is 0 Å². The number of halogens is 3. The predicted molar refractivity (Wildman–Crippen MR) is 124 cm³/mol. The summed E-state index contributed by atoms with van der Waals surface area (Å²) in [5.74, 6) is -1.48. The number of nitrogens with one attached hydrogen (secondary N) is 1. The fraction of sp³-hybridized carbons (Fsp3) is 0.217. The van der Waals surface area contributed by atoms with Crippen LogP contribution in [0.4, 0.5) is 18.9 Å². The van der Waals surface area contributed by atoms with E-state index in [4.69, 9.17) is 0 Å². The number of aromatic nitrogens is 4. The van der Waals surface area contributed by atoms with Gasteiger partial charge in [0.15, 0.2) is 0 Å². The first-order valence-electron chi connectivity index (χ1n) is 10.3. The van der Waals surface area contributed by atoms with Crippen LogP contribution in [0.2, 0.25) is 0 Å². The number of hydrogen-bond acceptors (Lipinski definition) is 5. The second-order valence-electron chi connectivity index (χ2n) is 7.45. The molecule has 7 nitrogen and oxygen atoms in total. The molecule has 1 amide bonds. The molecule has 0 aliphatic rings. The molecule has 2 heterocycles. The van der Waals surface area contributed by atoms with Crippen molar-refractivity contribution in [1.82, 2.24) is 19.3 Å². The molecule has 0 saturated heterocycles. The van der Waals surface area contributed by atoms with Crippen LogP contribution >= 0.6 is 11.8 Å². The van der Waals surface area contributed by atoms with E-state index in [-0.39, 0.29) is 34.0 Å². The third-order valence-corrected chi connectivity index (χ3v) is 6.20. The highest BCUT2D eigenvalue weighted by Gasteiger charge is 2.35. The zero-order chi connectivity index (χ0) is 24.5. The maximum Gasteiger partial charge on any atom is 0.451 e. The largest absolute Gasteiger partial charge is 0.451 e. The van der Waals surface area contributed by atoms with Crippen molar-refractivity contribution in [3.05, 3.63) is 76.5 Å². The van der Waals surface area contributed by atoms with E-state index in [1.54, 1.807) is 61.1 Å². The molecule has 1 N–H and O–H groups in total. The van der Waals surface area contributed by atoms with Gasteiger partial charge in [0, 0.05) is 24.6 Å². The van der Waals surface area contributed by atoms with E-state index >= 15 is 0 Å². The lowest BCUT2D eigenvalue weighted by Crippen LogP contribution is -2.23. The third kappa shape index (κ3) is 4.69. The van der Waals surface area contributed by atoms with Crippen molar-refractivity contribution in [2.24, 2.45) is 7.05 Å². The third-order valence-electron chi connectivity index (χ3n) is 5.21. The number of fused-ring (bicyclic) bond motifs is 1. The number of rotatable bonds is 6. The number of benzene rings is 2. The molecular weight excluding hydrogens is 467 g/mol. The zero-order valence-corrected chi connectivity index (χ0v) is 19.1. The second kappa shape index (κ2) is 9.34. The van der Waals surface area contributed by atoms with Gasteiger partial charge < -0.3 is 5.32 Å². The van der Waals surface area contributed by atoms with Crippen LogP contribution in [0.5, 0.6) is 0 Å². The smallest absolute Gasteiger partial charge is 0.320 e. The summed E-state index contributed by atoms with van der Waals surface area (Å²) in [5, 5.41) is 3.27. The summed E-state index contributed by atoms with van der Waals surface area (Å²) in [5.41, 5.74) is 1.20. The minimum atomic E-state index is -4.68. The van der Waals surface area contributed by atoms with E-state index < -0.39 is 17.9 Å². The summed E-state index contributed by atoms with van der Waals surface area (Å²) in [6, 6.07) is 15.4. The van der Waals surface area contributed by atoms with Crippen molar-refractivity contribution >= 4 is 34.3 Å². The topological polar surface area (TPSA) is 81.8 Å². The Morgan fingerprint density at radius 3 is 2.44 bits per heavy atom. The fourth-order valence-corrected chi connectivity index (χ4v) is 4.40. The first kappa shape index (κ1) is 23.6. The Bertz CT molecular complexity index is 1410. The molecule has 4 aromatic rings. The number of amides is 1. The zero-order valence-electron chi connectivity index (χ0n) is 18.3. The Kier molecular flexibility index (Phi) is 6.47. The molecular formula is C23H20F3N5O2S. The van der Waals surface area contributed by atoms with Gasteiger partial charge in [-0.1, -0.05) is 36.4 Å². The maximum absolute atomic E-state index is 13.2. The van der Waals surface area contributed by atoms with Gasteiger partial charge in [0.2, 0.25) is 11.7 Å². The summed E-state index contributed by atoms with van der Waals surface area (Å²) in [7, 11) is 1.72. The highest BCUT2D eigenvalue weighted by atomic mass is 32.2. The molecule has 0 radical (unpaired) electrons. The lowest BCUT2D eigenvalue weighted by molar-refractivity contribution is -0.145. The molecule has 11 heteroatoms. The number of carbonyl (C=O) groups excluding carboxylic acids is 1. The molecule has 0 aliphatic heterocycles. The standard InChI is InChI=1S/C23H20F3N5O2S/c1-14-19(21(33)31(30(14)2)15-8-4-3-5-9-15)28-18(32)12-13-34-20-16-10-6-7-11-17(16)27-22(29-20)23(24,25)26/h3-11H,12-13H2,1-2H3,(H,28,32). The molecule has 176 valence electrons. The van der Waals surface area contributed by atoms with Crippen LogP contribution < -0.4 is 10.9 Å². The van der Waals surface area contributed by atoms with Crippen LogP contribution in [0.25, 0.3) is 16.6 Å². The van der Waals surface area contributed by atoms with Crippen molar-refractivity contribution in [3.8, 4) is 5.69 Å². The summed E-state index contributed by atoms with van der Waals surface area (Å²) in [6.07, 6.45) is -4.70. The average molecular weight is 488 g/mol. The highest BCUT2D eigenvalue weighted by Crippen LogP contribution is 2.32. The van der Waals surface area contributed by atoms with E-state index in [1.807, 2.05) is 6.07 Å². The Hall–Kier alpha value is -3.60. The number of alkyl halides is 3. The molecule has 2 aromatic carbocycles. The van der Waals surface area contributed by atoms with E-state index in [2.05, 4.69) is 15.3 Å². The number of carbonyl (C=O) groups is 1. The van der Waals surface area contributed by atoms with Crippen molar-refractivity contribution in [2.75, 3.05) is 11.1 Å². The number of para-hydroxylation sites is 2. The number of anilines is 1. The molecule has 0 fully saturated rings. The molecule has 0 saturated carbocycles. The summed E-state index contributed by atoms with van der Waals surface area (Å²) in [6.45, 7) is 1.72. The highest BCUT2D eigenvalue weighted by molar-refractivity contribution is 7.99. The summed E-state index contributed by atoms with van der Waals surface area (Å²) in [4.78, 5) is 32.7. The molecule has 2 aromatic heterocycles. The lowest BCUT2D eigenvalue weighted by atomic mass is 10.2. The molecule has 0 aliphatic carbocycles. The minimum Gasteiger partial charge on any atom is -0.320 e. The van der Waals surface area contributed by atoms with Gasteiger partial charge in [-0.25, -0.2) is 14.6 Å². The monoisotopic (exact) mass is 487 g/mol. The predicted octanol–water partition coefficient (Wildman–Crippen LogP) is 4.57. The lowest BCUT2D eigenvalue weighted by Gasteiger charge is -2.10. The quantitative estimate of drug-likeness (QED) is 0.318. The van der Waals surface area contributed by atoms with E-state index in [0.29, 0.717) is 16.8 Å². The first-order chi connectivity index (χ1) is 16.2. The fourth-order valence-electron chi connectivity index (χ4n) is 3.44. The van der Waals surface area contributed by atoms with E-state index in [1.165, 1.54) is 10.7 Å². The van der Waals surface area contributed by atoms with Gasteiger partial charge in [0.25, 0.3) is 5.56 Å². The molecule has 0 atom stereocenters. The summed E-state index contributed by atoms with van der Waals surface area (Å²) < 4.78 is 42.7. The molecule has 0 bridgehead atoms. The van der Waals surface area contributed by atoms with Gasteiger partial charge in [-0.05, 0) is 25.1 Å². The van der Waals surface area contributed by atoms with Crippen LogP contribution in [0.1, 0.15) is 17.9 Å². The Morgan fingerprint density at radius 2 is 1.74 bits per heavy atom.